The van der Waals surface area contributed by atoms with Crippen molar-refractivity contribution < 1.29 is 26.3 Å². The molecule has 2 rings (SSSR count). The van der Waals surface area contributed by atoms with Crippen LogP contribution in [0.3, 0.4) is 0 Å². The van der Waals surface area contributed by atoms with Gasteiger partial charge in [-0.1, -0.05) is 12.1 Å². The van der Waals surface area contributed by atoms with Gasteiger partial charge >= 0.3 is 6.36 Å². The molecule has 1 heterocycles. The van der Waals surface area contributed by atoms with Gasteiger partial charge in [0.05, 0.1) is 23.7 Å². The van der Waals surface area contributed by atoms with Gasteiger partial charge in [0.25, 0.3) is 0 Å². The Hall–Kier alpha value is -2.03. The Kier molecular flexibility index (Phi) is 5.22. The predicted molar refractivity (Wildman–Crippen MR) is 82.3 cm³/mol. The van der Waals surface area contributed by atoms with Gasteiger partial charge in [-0.15, -0.1) is 13.2 Å². The van der Waals surface area contributed by atoms with Crippen LogP contribution in [0.5, 0.6) is 5.75 Å². The molecule has 5 nitrogen and oxygen atoms in total. The van der Waals surface area contributed by atoms with E-state index in [-0.39, 0.29) is 18.0 Å². The molecule has 0 amide bonds. The average Bonchev–Trinajstić information content (AvgIpc) is 2.89. The summed E-state index contributed by atoms with van der Waals surface area (Å²) in [4.78, 5) is 0. The van der Waals surface area contributed by atoms with Gasteiger partial charge in [0.2, 0.25) is 0 Å². The van der Waals surface area contributed by atoms with Gasteiger partial charge in [-0.25, -0.2) is 8.42 Å². The highest BCUT2D eigenvalue weighted by Crippen LogP contribution is 2.27. The van der Waals surface area contributed by atoms with E-state index in [2.05, 4.69) is 9.84 Å². The van der Waals surface area contributed by atoms with Crippen molar-refractivity contribution in [1.29, 1.82) is 0 Å². The highest BCUT2D eigenvalue weighted by Gasteiger charge is 2.31. The van der Waals surface area contributed by atoms with Crippen LogP contribution >= 0.6 is 0 Å². The van der Waals surface area contributed by atoms with E-state index in [4.69, 9.17) is 0 Å². The van der Waals surface area contributed by atoms with E-state index in [1.54, 1.807) is 17.1 Å². The standard InChI is InChI=1S/C15H17F3N2O3S/c1-11-9-19-20(10-11)7-8-24(21,22)12(2)13-3-5-14(6-4-13)23-15(16,17)18/h3-6,9-10,12H,7-8H2,1-2H3. The maximum atomic E-state index is 12.4. The lowest BCUT2D eigenvalue weighted by atomic mass is 10.1. The molecule has 0 bridgehead atoms. The topological polar surface area (TPSA) is 61.2 Å². The largest absolute Gasteiger partial charge is 0.573 e. The summed E-state index contributed by atoms with van der Waals surface area (Å²) in [7, 11) is -3.47. The van der Waals surface area contributed by atoms with Crippen molar-refractivity contribution in [3.8, 4) is 5.75 Å². The highest BCUT2D eigenvalue weighted by molar-refractivity contribution is 7.91. The zero-order chi connectivity index (χ0) is 18.0. The third-order valence-electron chi connectivity index (χ3n) is 3.49. The lowest BCUT2D eigenvalue weighted by Gasteiger charge is -2.14. The normalized spacial score (nSPS) is 13.7. The molecule has 0 fully saturated rings. The number of aromatic nitrogens is 2. The maximum Gasteiger partial charge on any atom is 0.573 e. The molecule has 0 aliphatic carbocycles. The molecular weight excluding hydrogens is 345 g/mol. The van der Waals surface area contributed by atoms with Gasteiger partial charge in [-0.2, -0.15) is 5.10 Å². The number of rotatable bonds is 6. The van der Waals surface area contributed by atoms with Crippen molar-refractivity contribution in [3.63, 3.8) is 0 Å². The number of halogens is 3. The first-order valence-corrected chi connectivity index (χ1v) is 8.85. The van der Waals surface area contributed by atoms with Crippen molar-refractivity contribution in [2.24, 2.45) is 0 Å². The van der Waals surface area contributed by atoms with E-state index in [9.17, 15) is 21.6 Å². The number of hydrogen-bond donors (Lipinski definition) is 0. The Morgan fingerprint density at radius 2 is 1.88 bits per heavy atom. The quantitative estimate of drug-likeness (QED) is 0.791. The summed E-state index contributed by atoms with van der Waals surface area (Å²) in [6.07, 6.45) is -1.40. The fourth-order valence-corrected chi connectivity index (χ4v) is 3.50. The van der Waals surface area contributed by atoms with Gasteiger partial charge in [-0.3, -0.25) is 4.68 Å². The van der Waals surface area contributed by atoms with E-state index < -0.39 is 21.4 Å². The third kappa shape index (κ3) is 4.98. The Morgan fingerprint density at radius 1 is 1.25 bits per heavy atom. The molecule has 2 aromatic rings. The molecule has 0 saturated heterocycles. The molecule has 0 radical (unpaired) electrons. The molecule has 1 aromatic carbocycles. The van der Waals surface area contributed by atoms with Gasteiger partial charge in [0, 0.05) is 6.20 Å². The average molecular weight is 362 g/mol. The summed E-state index contributed by atoms with van der Waals surface area (Å²) in [5.74, 6) is -0.501. The molecule has 0 aliphatic heterocycles. The molecule has 24 heavy (non-hydrogen) atoms. The molecular formula is C15H17F3N2O3S. The van der Waals surface area contributed by atoms with E-state index in [0.717, 1.165) is 17.7 Å². The van der Waals surface area contributed by atoms with Crippen LogP contribution in [0.4, 0.5) is 13.2 Å². The third-order valence-corrected chi connectivity index (χ3v) is 5.59. The fraction of sp³-hybridized carbons (Fsp3) is 0.400. The number of aryl methyl sites for hydroxylation is 2. The van der Waals surface area contributed by atoms with Crippen LogP contribution < -0.4 is 4.74 Å². The molecule has 0 N–H and O–H groups in total. The van der Waals surface area contributed by atoms with Gasteiger partial charge in [0.1, 0.15) is 5.75 Å². The minimum Gasteiger partial charge on any atom is -0.406 e. The number of hydrogen-bond acceptors (Lipinski definition) is 4. The lowest BCUT2D eigenvalue weighted by molar-refractivity contribution is -0.274. The molecule has 1 unspecified atom stereocenters. The van der Waals surface area contributed by atoms with Crippen molar-refractivity contribution in [2.45, 2.75) is 32.0 Å². The Bertz CT molecular complexity index is 783. The first-order valence-electron chi connectivity index (χ1n) is 7.13. The molecule has 1 atom stereocenters. The van der Waals surface area contributed by atoms with Crippen LogP contribution in [-0.2, 0) is 16.4 Å². The van der Waals surface area contributed by atoms with Crippen molar-refractivity contribution in [2.75, 3.05) is 5.75 Å². The van der Waals surface area contributed by atoms with Crippen LogP contribution in [0.25, 0.3) is 0 Å². The van der Waals surface area contributed by atoms with Crippen LogP contribution in [0.15, 0.2) is 36.7 Å². The van der Waals surface area contributed by atoms with Crippen molar-refractivity contribution in [1.82, 2.24) is 9.78 Å². The molecule has 0 saturated carbocycles. The second-order valence-corrected chi connectivity index (χ2v) is 7.85. The SMILES string of the molecule is Cc1cnn(CCS(=O)(=O)C(C)c2ccc(OC(F)(F)F)cc2)c1. The second-order valence-electron chi connectivity index (χ2n) is 5.41. The number of nitrogens with zero attached hydrogens (tertiary/aromatic N) is 2. The molecule has 132 valence electrons. The summed E-state index contributed by atoms with van der Waals surface area (Å²) >= 11 is 0. The van der Waals surface area contributed by atoms with E-state index in [0.29, 0.717) is 5.56 Å². The molecule has 0 aliphatic rings. The van der Waals surface area contributed by atoms with E-state index in [1.807, 2.05) is 6.92 Å². The Balaban J connectivity index is 2.04. The molecule has 9 heteroatoms. The monoisotopic (exact) mass is 362 g/mol. The van der Waals surface area contributed by atoms with Crippen LogP contribution in [0.2, 0.25) is 0 Å². The molecule has 0 spiro atoms. The lowest BCUT2D eigenvalue weighted by Crippen LogP contribution is -2.19. The van der Waals surface area contributed by atoms with E-state index >= 15 is 0 Å². The minimum atomic E-state index is -4.78. The summed E-state index contributed by atoms with van der Waals surface area (Å²) in [6, 6.07) is 4.85. The number of alkyl halides is 3. The van der Waals surface area contributed by atoms with Crippen LogP contribution in [0, 0.1) is 6.92 Å². The van der Waals surface area contributed by atoms with Gasteiger partial charge < -0.3 is 4.74 Å². The fourth-order valence-electron chi connectivity index (χ4n) is 2.13. The first kappa shape index (κ1) is 18.3. The Labute approximate surface area is 138 Å². The van der Waals surface area contributed by atoms with E-state index in [1.165, 1.54) is 19.1 Å². The zero-order valence-corrected chi connectivity index (χ0v) is 13.9. The van der Waals surface area contributed by atoms with Crippen LogP contribution in [0.1, 0.15) is 23.3 Å². The maximum absolute atomic E-state index is 12.4. The Morgan fingerprint density at radius 3 is 2.38 bits per heavy atom. The van der Waals surface area contributed by atoms with Gasteiger partial charge in [0.15, 0.2) is 9.84 Å². The van der Waals surface area contributed by atoms with Crippen molar-refractivity contribution >= 4 is 9.84 Å². The van der Waals surface area contributed by atoms with Crippen molar-refractivity contribution in [3.05, 3.63) is 47.8 Å². The number of benzene rings is 1. The predicted octanol–water partition coefficient (Wildman–Crippen LogP) is 3.27. The smallest absolute Gasteiger partial charge is 0.406 e. The number of sulfone groups is 1. The summed E-state index contributed by atoms with van der Waals surface area (Å²) in [5.41, 5.74) is 1.34. The summed E-state index contributed by atoms with van der Waals surface area (Å²) in [6.45, 7) is 3.57. The summed E-state index contributed by atoms with van der Waals surface area (Å²) < 4.78 is 66.4. The summed E-state index contributed by atoms with van der Waals surface area (Å²) in [5, 5.41) is 3.19. The number of ether oxygens (including phenoxy) is 1. The molecule has 1 aromatic heterocycles. The zero-order valence-electron chi connectivity index (χ0n) is 13.1. The minimum absolute atomic E-state index is 0.115. The highest BCUT2D eigenvalue weighted by atomic mass is 32.2. The van der Waals surface area contributed by atoms with Gasteiger partial charge in [-0.05, 0) is 37.1 Å². The second kappa shape index (κ2) is 6.84. The van der Waals surface area contributed by atoms with Crippen LogP contribution in [-0.4, -0.2) is 30.3 Å². The first-order chi connectivity index (χ1) is 11.1.